The normalized spacial score (nSPS) is 15.8. The maximum absolute atomic E-state index is 11.2. The summed E-state index contributed by atoms with van der Waals surface area (Å²) in [5.41, 5.74) is 2.63. The predicted octanol–water partition coefficient (Wildman–Crippen LogP) is 1.75. The van der Waals surface area contributed by atoms with Gasteiger partial charge in [0.25, 0.3) is 0 Å². The summed E-state index contributed by atoms with van der Waals surface area (Å²) in [6.07, 6.45) is 3.50. The summed E-state index contributed by atoms with van der Waals surface area (Å²) in [7, 11) is -0.690. The highest BCUT2D eigenvalue weighted by Gasteiger charge is 2.12. The van der Waals surface area contributed by atoms with Crippen molar-refractivity contribution < 1.29 is 4.21 Å². The Bertz CT molecular complexity index is 393. The molecule has 16 heavy (non-hydrogen) atoms. The summed E-state index contributed by atoms with van der Waals surface area (Å²) in [4.78, 5) is 4.57. The molecule has 1 heterocycles. The first-order chi connectivity index (χ1) is 7.79. The molecule has 1 atom stereocenters. The first-order valence-electron chi connectivity index (χ1n) is 5.87. The lowest BCUT2D eigenvalue weighted by molar-refractivity contribution is 0.684. The van der Waals surface area contributed by atoms with Crippen molar-refractivity contribution >= 4 is 16.6 Å². The third kappa shape index (κ3) is 2.82. The van der Waals surface area contributed by atoms with Crippen LogP contribution in [0.5, 0.6) is 0 Å². The molecular weight excluding hydrogens is 220 g/mol. The van der Waals surface area contributed by atoms with Gasteiger partial charge in [-0.1, -0.05) is 13.0 Å². The first kappa shape index (κ1) is 11.6. The summed E-state index contributed by atoms with van der Waals surface area (Å²) < 4.78 is 11.2. The third-order valence-corrected chi connectivity index (χ3v) is 4.19. The highest BCUT2D eigenvalue weighted by atomic mass is 32.2. The molecule has 1 unspecified atom stereocenters. The second kappa shape index (κ2) is 5.43. The van der Waals surface area contributed by atoms with Crippen LogP contribution >= 0.6 is 0 Å². The summed E-state index contributed by atoms with van der Waals surface area (Å²) in [5.74, 6) is 2.36. The Hall–Kier alpha value is -0.900. The number of nitrogens with one attached hydrogen (secondary N) is 1. The summed E-state index contributed by atoms with van der Waals surface area (Å²) in [5, 5.41) is 3.24. The molecule has 0 aliphatic heterocycles. The minimum absolute atomic E-state index is 0.690. The Balaban J connectivity index is 1.88. The van der Waals surface area contributed by atoms with E-state index in [9.17, 15) is 4.21 Å². The lowest BCUT2D eigenvalue weighted by atomic mass is 10.2. The zero-order valence-electron chi connectivity index (χ0n) is 9.66. The number of pyridine rings is 1. The van der Waals surface area contributed by atoms with Crippen LogP contribution in [0.1, 0.15) is 24.6 Å². The molecule has 0 amide bonds. The molecule has 0 aromatic carbocycles. The van der Waals surface area contributed by atoms with Crippen molar-refractivity contribution in [1.82, 2.24) is 4.98 Å². The second-order valence-corrected chi connectivity index (χ2v) is 5.88. The molecule has 1 aromatic heterocycles. The Kier molecular flexibility index (Phi) is 3.93. The van der Waals surface area contributed by atoms with Crippen molar-refractivity contribution in [2.45, 2.75) is 26.2 Å². The van der Waals surface area contributed by atoms with Gasteiger partial charge >= 0.3 is 0 Å². The molecule has 1 N–H and O–H groups in total. The van der Waals surface area contributed by atoms with E-state index in [0.717, 1.165) is 24.5 Å². The molecule has 3 nitrogen and oxygen atoms in total. The Morgan fingerprint density at radius 2 is 2.31 bits per heavy atom. The molecular formula is C12H18N2OS. The van der Waals surface area contributed by atoms with E-state index in [0.29, 0.717) is 5.75 Å². The van der Waals surface area contributed by atoms with Crippen LogP contribution in [0.2, 0.25) is 0 Å². The minimum Gasteiger partial charge on any atom is -0.369 e. The molecule has 2 rings (SSSR count). The van der Waals surface area contributed by atoms with Gasteiger partial charge in [0.05, 0.1) is 0 Å². The van der Waals surface area contributed by atoms with Crippen molar-refractivity contribution in [3.05, 3.63) is 23.4 Å². The van der Waals surface area contributed by atoms with Crippen LogP contribution in [0.3, 0.4) is 0 Å². The fraction of sp³-hybridized carbons (Fsp3) is 0.583. The van der Waals surface area contributed by atoms with E-state index in [2.05, 4.69) is 16.4 Å². The first-order valence-corrected chi connectivity index (χ1v) is 7.36. The molecule has 0 saturated carbocycles. The van der Waals surface area contributed by atoms with Crippen molar-refractivity contribution in [3.8, 4) is 0 Å². The number of aryl methyl sites for hydroxylation is 2. The lowest BCUT2D eigenvalue weighted by Gasteiger charge is -2.06. The maximum Gasteiger partial charge on any atom is 0.126 e. The number of fused-ring (bicyclic) bond motifs is 1. The summed E-state index contributed by atoms with van der Waals surface area (Å²) in [6.45, 7) is 2.69. The standard InChI is InChI=1S/C12H18N2OS/c1-2-16(15)9-8-13-12-7-6-10-4-3-5-11(10)14-12/h6-7H,2-5,8-9H2,1H3,(H,13,14). The molecule has 1 aromatic rings. The van der Waals surface area contributed by atoms with Crippen molar-refractivity contribution in [2.75, 3.05) is 23.4 Å². The number of anilines is 1. The third-order valence-electron chi connectivity index (χ3n) is 2.89. The zero-order valence-corrected chi connectivity index (χ0v) is 10.5. The van der Waals surface area contributed by atoms with Gasteiger partial charge in [-0.2, -0.15) is 0 Å². The quantitative estimate of drug-likeness (QED) is 0.850. The van der Waals surface area contributed by atoms with E-state index >= 15 is 0 Å². The highest BCUT2D eigenvalue weighted by molar-refractivity contribution is 7.84. The molecule has 0 bridgehead atoms. The number of aromatic nitrogens is 1. The number of nitrogens with zero attached hydrogens (tertiary/aromatic N) is 1. The lowest BCUT2D eigenvalue weighted by Crippen LogP contribution is -2.13. The van der Waals surface area contributed by atoms with Crippen LogP contribution in [0.15, 0.2) is 12.1 Å². The molecule has 0 radical (unpaired) electrons. The van der Waals surface area contributed by atoms with Crippen LogP contribution in [0, 0.1) is 0 Å². The van der Waals surface area contributed by atoms with Gasteiger partial charge < -0.3 is 5.32 Å². The van der Waals surface area contributed by atoms with Gasteiger partial charge in [-0.3, -0.25) is 4.21 Å². The number of hydrogen-bond acceptors (Lipinski definition) is 3. The molecule has 0 saturated heterocycles. The van der Waals surface area contributed by atoms with Crippen molar-refractivity contribution in [2.24, 2.45) is 0 Å². The van der Waals surface area contributed by atoms with Crippen LogP contribution in [0.25, 0.3) is 0 Å². The Labute approximate surface area is 99.1 Å². The topological polar surface area (TPSA) is 42.0 Å². The van der Waals surface area contributed by atoms with Crippen LogP contribution in [-0.4, -0.2) is 27.2 Å². The monoisotopic (exact) mass is 238 g/mol. The van der Waals surface area contributed by atoms with Gasteiger partial charge in [0.15, 0.2) is 0 Å². The van der Waals surface area contributed by atoms with Gasteiger partial charge in [0.1, 0.15) is 5.82 Å². The Morgan fingerprint density at radius 3 is 3.12 bits per heavy atom. The minimum atomic E-state index is -0.690. The largest absolute Gasteiger partial charge is 0.369 e. The van der Waals surface area contributed by atoms with Gasteiger partial charge in [-0.15, -0.1) is 0 Å². The van der Waals surface area contributed by atoms with Crippen molar-refractivity contribution in [3.63, 3.8) is 0 Å². The molecule has 0 fully saturated rings. The van der Waals surface area contributed by atoms with Crippen LogP contribution in [-0.2, 0) is 23.6 Å². The van der Waals surface area contributed by atoms with E-state index in [4.69, 9.17) is 0 Å². The van der Waals surface area contributed by atoms with Gasteiger partial charge in [0, 0.05) is 34.5 Å². The highest BCUT2D eigenvalue weighted by Crippen LogP contribution is 2.21. The fourth-order valence-corrected chi connectivity index (χ4v) is 2.57. The molecule has 0 spiro atoms. The average Bonchev–Trinajstić information content (AvgIpc) is 2.76. The van der Waals surface area contributed by atoms with E-state index in [1.54, 1.807) is 0 Å². The van der Waals surface area contributed by atoms with Crippen LogP contribution < -0.4 is 5.32 Å². The smallest absolute Gasteiger partial charge is 0.126 e. The van der Waals surface area contributed by atoms with Gasteiger partial charge in [0.2, 0.25) is 0 Å². The predicted molar refractivity (Wildman–Crippen MR) is 68.3 cm³/mol. The van der Waals surface area contributed by atoms with E-state index < -0.39 is 10.8 Å². The molecule has 4 heteroatoms. The van der Waals surface area contributed by atoms with Crippen LogP contribution in [0.4, 0.5) is 5.82 Å². The summed E-state index contributed by atoms with van der Waals surface area (Å²) in [6, 6.07) is 4.19. The van der Waals surface area contributed by atoms with E-state index in [1.165, 1.54) is 24.1 Å². The number of hydrogen-bond donors (Lipinski definition) is 1. The molecule has 1 aliphatic carbocycles. The second-order valence-electron chi connectivity index (χ2n) is 4.02. The number of rotatable bonds is 5. The fourth-order valence-electron chi connectivity index (χ4n) is 1.96. The van der Waals surface area contributed by atoms with E-state index in [-0.39, 0.29) is 0 Å². The molecule has 88 valence electrons. The average molecular weight is 238 g/mol. The SMILES string of the molecule is CCS(=O)CCNc1ccc2c(n1)CCC2. The maximum atomic E-state index is 11.2. The Morgan fingerprint density at radius 1 is 1.44 bits per heavy atom. The van der Waals surface area contributed by atoms with E-state index in [1.807, 2.05) is 13.0 Å². The zero-order chi connectivity index (χ0) is 11.4. The van der Waals surface area contributed by atoms with Gasteiger partial charge in [-0.05, 0) is 30.9 Å². The summed E-state index contributed by atoms with van der Waals surface area (Å²) >= 11 is 0. The molecule has 1 aliphatic rings. The van der Waals surface area contributed by atoms with Gasteiger partial charge in [-0.25, -0.2) is 4.98 Å². The van der Waals surface area contributed by atoms with Crippen molar-refractivity contribution in [1.29, 1.82) is 0 Å².